The summed E-state index contributed by atoms with van der Waals surface area (Å²) in [5, 5.41) is 7.61. The molecule has 11 nitrogen and oxygen atoms in total. The molecule has 4 aromatic heterocycles. The summed E-state index contributed by atoms with van der Waals surface area (Å²) in [6.07, 6.45) is 3.86. The molecule has 2 aliphatic rings. The predicted molar refractivity (Wildman–Crippen MR) is 202 cm³/mol. The number of aromatic nitrogens is 7. The third-order valence-corrected chi connectivity index (χ3v) is 10.1. The Kier molecular flexibility index (Phi) is 9.74. The normalized spacial score (nSPS) is 16.3. The van der Waals surface area contributed by atoms with Gasteiger partial charge in [-0.2, -0.15) is 5.10 Å². The number of hydrogen-bond donors (Lipinski definition) is 1. The highest BCUT2D eigenvalue weighted by molar-refractivity contribution is 5.85. The van der Waals surface area contributed by atoms with Crippen molar-refractivity contribution in [2.45, 2.75) is 25.3 Å². The Balaban J connectivity index is 0.965. The second kappa shape index (κ2) is 15.0. The van der Waals surface area contributed by atoms with Crippen molar-refractivity contribution < 1.29 is 0 Å². The average molecular weight is 680 g/mol. The van der Waals surface area contributed by atoms with Crippen LogP contribution in [0.3, 0.4) is 0 Å². The van der Waals surface area contributed by atoms with E-state index >= 15 is 0 Å². The average Bonchev–Trinajstić information content (AvgIpc) is 3.69. The van der Waals surface area contributed by atoms with E-state index in [9.17, 15) is 0 Å². The maximum atomic E-state index is 5.20. The number of fused-ring (bicyclic) bond motifs is 1. The lowest BCUT2D eigenvalue weighted by molar-refractivity contribution is 0.202. The van der Waals surface area contributed by atoms with Gasteiger partial charge in [0.15, 0.2) is 11.5 Å². The molecule has 0 saturated carbocycles. The molecule has 0 radical (unpaired) electrons. The highest BCUT2D eigenvalue weighted by Crippen LogP contribution is 2.32. The molecule has 0 bridgehead atoms. The summed E-state index contributed by atoms with van der Waals surface area (Å²) >= 11 is 0. The number of nitrogens with zero attached hydrogens (tertiary/aromatic N) is 10. The zero-order valence-corrected chi connectivity index (χ0v) is 29.5. The Morgan fingerprint density at radius 1 is 0.706 bits per heavy atom. The van der Waals surface area contributed by atoms with E-state index in [0.29, 0.717) is 17.4 Å². The van der Waals surface area contributed by atoms with Crippen molar-refractivity contribution in [2.75, 3.05) is 71.4 Å². The summed E-state index contributed by atoms with van der Waals surface area (Å²) in [5.74, 6) is 2.98. The number of rotatable bonds is 10. The molecule has 2 aliphatic heterocycles. The second-order valence-electron chi connectivity index (χ2n) is 13.9. The zero-order chi connectivity index (χ0) is 34.6. The minimum Gasteiger partial charge on any atom is -0.354 e. The fourth-order valence-electron chi connectivity index (χ4n) is 7.11. The molecule has 0 aliphatic carbocycles. The summed E-state index contributed by atoms with van der Waals surface area (Å²) in [6, 6.07) is 29.2. The third-order valence-electron chi connectivity index (χ3n) is 10.1. The lowest BCUT2D eigenvalue weighted by atomic mass is 9.95. The van der Waals surface area contributed by atoms with E-state index in [1.54, 1.807) is 6.20 Å². The van der Waals surface area contributed by atoms with Gasteiger partial charge in [-0.25, -0.2) is 19.9 Å². The minimum absolute atomic E-state index is 0.378. The molecule has 0 atom stereocenters. The van der Waals surface area contributed by atoms with Gasteiger partial charge >= 0.3 is 0 Å². The molecule has 2 saturated heterocycles. The number of piperazine rings is 1. The Labute approximate surface area is 299 Å². The maximum absolute atomic E-state index is 5.20. The van der Waals surface area contributed by atoms with Crippen LogP contribution in [0.5, 0.6) is 0 Å². The van der Waals surface area contributed by atoms with E-state index < -0.39 is 0 Å². The number of H-pyrrole nitrogens is 1. The Bertz CT molecular complexity index is 2030. The van der Waals surface area contributed by atoms with Crippen molar-refractivity contribution in [1.29, 1.82) is 0 Å². The Morgan fingerprint density at radius 3 is 2.20 bits per heavy atom. The Hall–Kier alpha value is -5.10. The summed E-state index contributed by atoms with van der Waals surface area (Å²) in [7, 11) is 4.27. The molecule has 11 heteroatoms. The van der Waals surface area contributed by atoms with Crippen LogP contribution in [0.25, 0.3) is 45.2 Å². The first-order valence-electron chi connectivity index (χ1n) is 18.1. The van der Waals surface area contributed by atoms with E-state index in [2.05, 4.69) is 110 Å². The van der Waals surface area contributed by atoms with Gasteiger partial charge in [0, 0.05) is 69.1 Å². The van der Waals surface area contributed by atoms with Crippen LogP contribution in [0.4, 0.5) is 5.82 Å². The number of nitrogens with one attached hydrogen (secondary N) is 1. The molecule has 2 fully saturated rings. The van der Waals surface area contributed by atoms with Crippen molar-refractivity contribution >= 4 is 17.0 Å². The number of likely N-dealkylation sites (N-methyl/N-ethyl adjacent to an activating group) is 1. The third kappa shape index (κ3) is 7.65. The number of likely N-dealkylation sites (tertiary alicyclic amines) is 1. The van der Waals surface area contributed by atoms with Crippen LogP contribution in [0.15, 0.2) is 91.1 Å². The van der Waals surface area contributed by atoms with Gasteiger partial charge in [0.05, 0.1) is 11.4 Å². The molecule has 0 unspecified atom stereocenters. The summed E-state index contributed by atoms with van der Waals surface area (Å²) in [6.45, 7) is 9.10. The van der Waals surface area contributed by atoms with Crippen molar-refractivity contribution in [1.82, 2.24) is 49.8 Å². The van der Waals surface area contributed by atoms with Gasteiger partial charge in [0.2, 0.25) is 0 Å². The molecule has 2 aromatic carbocycles. The van der Waals surface area contributed by atoms with Crippen molar-refractivity contribution in [3.8, 4) is 34.0 Å². The van der Waals surface area contributed by atoms with Crippen LogP contribution in [-0.4, -0.2) is 116 Å². The van der Waals surface area contributed by atoms with E-state index in [1.807, 2.05) is 24.3 Å². The molecule has 8 rings (SSSR count). The number of hydrogen-bond acceptors (Lipinski definition) is 10. The molecule has 6 aromatic rings. The van der Waals surface area contributed by atoms with Crippen LogP contribution in [0.2, 0.25) is 0 Å². The van der Waals surface area contributed by atoms with E-state index in [0.717, 1.165) is 117 Å². The first kappa shape index (κ1) is 33.1. The van der Waals surface area contributed by atoms with E-state index in [1.165, 1.54) is 5.56 Å². The van der Waals surface area contributed by atoms with Crippen molar-refractivity contribution in [2.24, 2.45) is 0 Å². The van der Waals surface area contributed by atoms with Crippen molar-refractivity contribution in [3.63, 3.8) is 0 Å². The molecule has 51 heavy (non-hydrogen) atoms. The van der Waals surface area contributed by atoms with E-state index in [-0.39, 0.29) is 0 Å². The second-order valence-corrected chi connectivity index (χ2v) is 13.9. The predicted octanol–water partition coefficient (Wildman–Crippen LogP) is 5.60. The molecule has 0 spiro atoms. The molecule has 0 amide bonds. The summed E-state index contributed by atoms with van der Waals surface area (Å²) in [5.41, 5.74) is 7.40. The van der Waals surface area contributed by atoms with Gasteiger partial charge in [-0.3, -0.25) is 19.9 Å². The van der Waals surface area contributed by atoms with Gasteiger partial charge in [0.1, 0.15) is 22.9 Å². The van der Waals surface area contributed by atoms with Gasteiger partial charge in [0.25, 0.3) is 0 Å². The monoisotopic (exact) mass is 679 g/mol. The van der Waals surface area contributed by atoms with Crippen LogP contribution < -0.4 is 4.90 Å². The van der Waals surface area contributed by atoms with Crippen molar-refractivity contribution in [3.05, 3.63) is 103 Å². The SMILES string of the molecule is CN(C)CCN1CCN(c2ccc3nc(-c4ccccc4)c(-c4ccc(CN5CCC(c6nc(-c7ccccn7)n[nH]6)CC5)cc4)nc3n2)CC1. The minimum atomic E-state index is 0.378. The smallest absolute Gasteiger partial charge is 0.199 e. The molecular formula is C40H45N11. The van der Waals surface area contributed by atoms with Gasteiger partial charge in [-0.05, 0) is 69.9 Å². The van der Waals surface area contributed by atoms with E-state index in [4.69, 9.17) is 19.9 Å². The number of anilines is 1. The van der Waals surface area contributed by atoms with Crippen LogP contribution >= 0.6 is 0 Å². The van der Waals surface area contributed by atoms with Gasteiger partial charge in [-0.1, -0.05) is 60.7 Å². The lowest BCUT2D eigenvalue weighted by Gasteiger charge is -2.35. The Morgan fingerprint density at radius 2 is 1.45 bits per heavy atom. The van der Waals surface area contributed by atoms with Crippen LogP contribution in [-0.2, 0) is 6.54 Å². The quantitative estimate of drug-likeness (QED) is 0.197. The highest BCUT2D eigenvalue weighted by atomic mass is 15.3. The standard InChI is InChI=1S/C40H45N11/c1-48(2)22-23-49-24-26-51(27-25-49)35-16-15-34-39(43-35)44-37(36(42-34)30-8-4-3-5-9-30)31-13-11-29(12-14-31)28-50-20-17-32(18-21-50)38-45-40(47-46-38)33-10-6-7-19-41-33/h3-16,19,32H,17-18,20-28H2,1-2H3,(H,45,46,47). The maximum Gasteiger partial charge on any atom is 0.199 e. The fourth-order valence-corrected chi connectivity index (χ4v) is 7.11. The van der Waals surface area contributed by atoms with Crippen LogP contribution in [0.1, 0.15) is 30.1 Å². The van der Waals surface area contributed by atoms with Gasteiger partial charge < -0.3 is 9.80 Å². The fraction of sp³-hybridized carbons (Fsp3) is 0.350. The molecule has 260 valence electrons. The molecule has 1 N–H and O–H groups in total. The summed E-state index contributed by atoms with van der Waals surface area (Å²) in [4.78, 5) is 34.3. The largest absolute Gasteiger partial charge is 0.354 e. The highest BCUT2D eigenvalue weighted by Gasteiger charge is 2.24. The number of pyridine rings is 2. The zero-order valence-electron chi connectivity index (χ0n) is 29.5. The topological polar surface area (TPSA) is 106 Å². The lowest BCUT2D eigenvalue weighted by Crippen LogP contribution is -2.48. The van der Waals surface area contributed by atoms with Crippen LogP contribution in [0, 0.1) is 0 Å². The first-order chi connectivity index (χ1) is 25.1. The molecule has 6 heterocycles. The van der Waals surface area contributed by atoms with Gasteiger partial charge in [-0.15, -0.1) is 0 Å². The number of benzene rings is 2. The first-order valence-corrected chi connectivity index (χ1v) is 18.1. The number of piperidine rings is 1. The molecular weight excluding hydrogens is 635 g/mol. The number of aromatic amines is 1. The summed E-state index contributed by atoms with van der Waals surface area (Å²) < 4.78 is 0.